The summed E-state index contributed by atoms with van der Waals surface area (Å²) in [6.07, 6.45) is 3.91. The van der Waals surface area contributed by atoms with Gasteiger partial charge < -0.3 is 15.5 Å². The molecule has 1 aliphatic carbocycles. The predicted molar refractivity (Wildman–Crippen MR) is 100 cm³/mol. The van der Waals surface area contributed by atoms with Crippen molar-refractivity contribution in [3.8, 4) is 0 Å². The number of benzene rings is 1. The van der Waals surface area contributed by atoms with Crippen molar-refractivity contribution < 1.29 is 13.6 Å². The van der Waals surface area contributed by atoms with Crippen LogP contribution in [0.4, 0.5) is 13.9 Å². The second-order valence-electron chi connectivity index (χ2n) is 7.00. The first-order valence-electron chi connectivity index (χ1n) is 8.88. The number of hydrogen-bond donors (Lipinski definition) is 2. The molecule has 0 aliphatic heterocycles. The first-order chi connectivity index (χ1) is 12.4. The normalized spacial score (nSPS) is 20.7. The van der Waals surface area contributed by atoms with Gasteiger partial charge in [0.25, 0.3) is 0 Å². The van der Waals surface area contributed by atoms with E-state index in [0.29, 0.717) is 9.83 Å². The predicted octanol–water partition coefficient (Wildman–Crippen LogP) is 3.22. The van der Waals surface area contributed by atoms with Gasteiger partial charge in [0.2, 0.25) is 5.91 Å². The highest BCUT2D eigenvalue weighted by molar-refractivity contribution is 7.22. The number of halogens is 2. The molecule has 1 aromatic heterocycles. The molecule has 1 saturated carbocycles. The Morgan fingerprint density at radius 3 is 2.85 bits per heavy atom. The number of thiazole rings is 1. The van der Waals surface area contributed by atoms with Crippen LogP contribution in [0.5, 0.6) is 0 Å². The standard InChI is InChI=1S/C18H24F2N4OS/c1-24(2)8-7-21-14-6-4-3-5-12(14)17(25)23-18-22-16-13(20)9-11(19)10-15(16)26-18/h9-10,12,14,21H,3-8H2,1-2H3,(H,22,23,25). The summed E-state index contributed by atoms with van der Waals surface area (Å²) in [5.74, 6) is -1.60. The van der Waals surface area contributed by atoms with E-state index < -0.39 is 11.6 Å². The molecule has 1 amide bonds. The molecule has 2 unspecified atom stereocenters. The molecule has 142 valence electrons. The van der Waals surface area contributed by atoms with Gasteiger partial charge in [0.15, 0.2) is 10.9 Å². The molecule has 1 aromatic carbocycles. The van der Waals surface area contributed by atoms with Gasteiger partial charge in [0.05, 0.1) is 10.6 Å². The van der Waals surface area contributed by atoms with Crippen LogP contribution in [0.15, 0.2) is 12.1 Å². The Labute approximate surface area is 155 Å². The van der Waals surface area contributed by atoms with E-state index >= 15 is 0 Å². The van der Waals surface area contributed by atoms with Crippen molar-refractivity contribution in [1.82, 2.24) is 15.2 Å². The number of amides is 1. The van der Waals surface area contributed by atoms with Crippen LogP contribution in [0.25, 0.3) is 10.2 Å². The zero-order chi connectivity index (χ0) is 18.7. The minimum Gasteiger partial charge on any atom is -0.312 e. The topological polar surface area (TPSA) is 57.3 Å². The molecule has 1 aliphatic rings. The van der Waals surface area contributed by atoms with Crippen molar-refractivity contribution in [2.45, 2.75) is 31.7 Å². The number of likely N-dealkylation sites (N-methyl/N-ethyl adjacent to an activating group) is 1. The summed E-state index contributed by atoms with van der Waals surface area (Å²) in [4.78, 5) is 19.0. The molecule has 0 spiro atoms. The smallest absolute Gasteiger partial charge is 0.230 e. The summed E-state index contributed by atoms with van der Waals surface area (Å²) < 4.78 is 27.5. The highest BCUT2D eigenvalue weighted by Gasteiger charge is 2.31. The zero-order valence-electron chi connectivity index (χ0n) is 15.0. The maximum Gasteiger partial charge on any atom is 0.230 e. The van der Waals surface area contributed by atoms with Crippen molar-refractivity contribution in [3.05, 3.63) is 23.8 Å². The number of hydrogen-bond acceptors (Lipinski definition) is 5. The van der Waals surface area contributed by atoms with Gasteiger partial charge >= 0.3 is 0 Å². The number of fused-ring (bicyclic) bond motifs is 1. The Morgan fingerprint density at radius 2 is 2.08 bits per heavy atom. The average molecular weight is 382 g/mol. The van der Waals surface area contributed by atoms with E-state index in [1.807, 2.05) is 14.1 Å². The van der Waals surface area contributed by atoms with E-state index in [9.17, 15) is 13.6 Å². The van der Waals surface area contributed by atoms with Gasteiger partial charge in [-0.2, -0.15) is 0 Å². The molecule has 1 fully saturated rings. The minimum absolute atomic E-state index is 0.0935. The van der Waals surface area contributed by atoms with Crippen molar-refractivity contribution >= 4 is 32.6 Å². The second-order valence-corrected chi connectivity index (χ2v) is 8.03. The van der Waals surface area contributed by atoms with Crippen molar-refractivity contribution in [3.63, 3.8) is 0 Å². The lowest BCUT2D eigenvalue weighted by Crippen LogP contribution is -2.46. The van der Waals surface area contributed by atoms with Crippen LogP contribution >= 0.6 is 11.3 Å². The fraction of sp³-hybridized carbons (Fsp3) is 0.556. The Morgan fingerprint density at radius 1 is 1.31 bits per heavy atom. The van der Waals surface area contributed by atoms with Crippen LogP contribution in [0.3, 0.4) is 0 Å². The van der Waals surface area contributed by atoms with Gasteiger partial charge in [-0.1, -0.05) is 24.2 Å². The first kappa shape index (κ1) is 19.1. The number of aromatic nitrogens is 1. The van der Waals surface area contributed by atoms with Crippen LogP contribution < -0.4 is 10.6 Å². The van der Waals surface area contributed by atoms with Gasteiger partial charge in [-0.15, -0.1) is 0 Å². The summed E-state index contributed by atoms with van der Waals surface area (Å²) >= 11 is 1.09. The Kier molecular flexibility index (Phi) is 6.16. The summed E-state index contributed by atoms with van der Waals surface area (Å²) in [6.45, 7) is 1.74. The summed E-state index contributed by atoms with van der Waals surface area (Å²) in [7, 11) is 4.03. The monoisotopic (exact) mass is 382 g/mol. The number of anilines is 1. The molecule has 2 N–H and O–H groups in total. The van der Waals surface area contributed by atoms with E-state index in [0.717, 1.165) is 56.2 Å². The van der Waals surface area contributed by atoms with Crippen LogP contribution in [0, 0.1) is 17.6 Å². The molecule has 3 rings (SSSR count). The molecule has 5 nitrogen and oxygen atoms in total. The molecule has 2 aromatic rings. The highest BCUT2D eigenvalue weighted by Crippen LogP contribution is 2.30. The van der Waals surface area contributed by atoms with E-state index in [2.05, 4.69) is 20.5 Å². The maximum atomic E-state index is 13.8. The number of carbonyl (C=O) groups is 1. The third-order valence-electron chi connectivity index (χ3n) is 4.71. The van der Waals surface area contributed by atoms with E-state index in [1.54, 1.807) is 0 Å². The number of nitrogens with one attached hydrogen (secondary N) is 2. The van der Waals surface area contributed by atoms with Crippen LogP contribution in [-0.2, 0) is 4.79 Å². The number of carbonyl (C=O) groups excluding carboxylic acids is 1. The Balaban J connectivity index is 1.68. The lowest BCUT2D eigenvalue weighted by molar-refractivity contribution is -0.121. The molecule has 0 saturated heterocycles. The number of rotatable bonds is 6. The van der Waals surface area contributed by atoms with Crippen LogP contribution in [0.2, 0.25) is 0 Å². The summed E-state index contributed by atoms with van der Waals surface area (Å²) in [6, 6.07) is 2.17. The molecule has 26 heavy (non-hydrogen) atoms. The van der Waals surface area contributed by atoms with Crippen LogP contribution in [-0.4, -0.2) is 49.0 Å². The molecule has 8 heteroatoms. The van der Waals surface area contributed by atoms with E-state index in [-0.39, 0.29) is 23.4 Å². The van der Waals surface area contributed by atoms with Gasteiger partial charge in [0, 0.05) is 25.2 Å². The van der Waals surface area contributed by atoms with Gasteiger partial charge in [-0.05, 0) is 33.0 Å². The van der Waals surface area contributed by atoms with E-state index in [4.69, 9.17) is 0 Å². The largest absolute Gasteiger partial charge is 0.312 e. The molecular formula is C18H24F2N4OS. The Hall–Kier alpha value is -1.64. The van der Waals surface area contributed by atoms with E-state index in [1.165, 1.54) is 6.07 Å². The SMILES string of the molecule is CN(C)CCNC1CCCCC1C(=O)Nc1nc2c(F)cc(F)cc2s1. The summed E-state index contributed by atoms with van der Waals surface area (Å²) in [5, 5.41) is 6.60. The minimum atomic E-state index is -0.711. The quantitative estimate of drug-likeness (QED) is 0.805. The van der Waals surface area contributed by atoms with Crippen LogP contribution in [0.1, 0.15) is 25.7 Å². The molecule has 0 radical (unpaired) electrons. The van der Waals surface area contributed by atoms with Gasteiger partial charge in [-0.3, -0.25) is 4.79 Å². The van der Waals surface area contributed by atoms with Gasteiger partial charge in [-0.25, -0.2) is 13.8 Å². The fourth-order valence-electron chi connectivity index (χ4n) is 3.37. The summed E-state index contributed by atoms with van der Waals surface area (Å²) in [5.41, 5.74) is 0.0935. The average Bonchev–Trinajstić information content (AvgIpc) is 2.97. The van der Waals surface area contributed by atoms with Crippen molar-refractivity contribution in [1.29, 1.82) is 0 Å². The molecule has 0 bridgehead atoms. The fourth-order valence-corrected chi connectivity index (χ4v) is 4.28. The molecule has 1 heterocycles. The second kappa shape index (κ2) is 8.37. The Bertz CT molecular complexity index is 780. The molecule has 2 atom stereocenters. The third kappa shape index (κ3) is 4.55. The third-order valence-corrected chi connectivity index (χ3v) is 5.63. The number of nitrogens with zero attached hydrogens (tertiary/aromatic N) is 2. The lowest BCUT2D eigenvalue weighted by Gasteiger charge is -2.31. The van der Waals surface area contributed by atoms with Crippen molar-refractivity contribution in [2.24, 2.45) is 5.92 Å². The zero-order valence-corrected chi connectivity index (χ0v) is 15.8. The first-order valence-corrected chi connectivity index (χ1v) is 9.70. The van der Waals surface area contributed by atoms with Crippen molar-refractivity contribution in [2.75, 3.05) is 32.5 Å². The highest BCUT2D eigenvalue weighted by atomic mass is 32.1. The molecular weight excluding hydrogens is 358 g/mol. The lowest BCUT2D eigenvalue weighted by atomic mass is 9.84. The maximum absolute atomic E-state index is 13.8. The van der Waals surface area contributed by atoms with Gasteiger partial charge in [0.1, 0.15) is 11.3 Å².